The van der Waals surface area contributed by atoms with E-state index in [1.807, 2.05) is 0 Å². The van der Waals surface area contributed by atoms with Crippen LogP contribution in [0.5, 0.6) is 0 Å². The summed E-state index contributed by atoms with van der Waals surface area (Å²) in [4.78, 5) is 10.5. The minimum Gasteiger partial charge on any atom is -0.478 e. The van der Waals surface area contributed by atoms with Crippen LogP contribution in [0.25, 0.3) is 0 Å². The highest BCUT2D eigenvalue weighted by molar-refractivity contribution is 5.65. The fourth-order valence-corrected chi connectivity index (χ4v) is 1.15. The topological polar surface area (TPSA) is 61.8 Å². The summed E-state index contributed by atoms with van der Waals surface area (Å²) < 4.78 is 5.33. The summed E-state index contributed by atoms with van der Waals surface area (Å²) in [7, 11) is 0. The van der Waals surface area contributed by atoms with Crippen molar-refractivity contribution in [2.45, 2.75) is 26.2 Å². The summed E-state index contributed by atoms with van der Waals surface area (Å²) in [6.45, 7) is 3.11. The van der Waals surface area contributed by atoms with Gasteiger partial charge in [0.05, 0.1) is 13.2 Å². The van der Waals surface area contributed by atoms with Crippen molar-refractivity contribution in [3.63, 3.8) is 0 Å². The van der Waals surface area contributed by atoms with Gasteiger partial charge in [-0.05, 0) is 12.5 Å². The second-order valence-corrected chi connectivity index (χ2v) is 3.13. The van der Waals surface area contributed by atoms with Crippen LogP contribution in [0.4, 0.5) is 4.79 Å². The first-order valence-electron chi connectivity index (χ1n) is 4.84. The van der Waals surface area contributed by atoms with Crippen molar-refractivity contribution in [3.8, 4) is 0 Å². The average Bonchev–Trinajstić information content (AvgIpc) is 2.61. The highest BCUT2D eigenvalue weighted by Gasteiger charge is 2.18. The van der Waals surface area contributed by atoms with Crippen molar-refractivity contribution in [1.29, 1.82) is 0 Å². The second kappa shape index (κ2) is 5.36. The van der Waals surface area contributed by atoms with Crippen LogP contribution in [0, 0.1) is 0 Å². The zero-order valence-electron chi connectivity index (χ0n) is 8.32. The molecule has 0 aromatic rings. The van der Waals surface area contributed by atoms with Crippen LogP contribution < -0.4 is 5.43 Å². The van der Waals surface area contributed by atoms with E-state index >= 15 is 0 Å². The maximum absolute atomic E-state index is 10.5. The van der Waals surface area contributed by atoms with Crippen molar-refractivity contribution >= 4 is 6.09 Å². The number of amides is 1. The van der Waals surface area contributed by atoms with Gasteiger partial charge in [-0.15, -0.1) is 0 Å². The highest BCUT2D eigenvalue weighted by atomic mass is 16.5. The summed E-state index contributed by atoms with van der Waals surface area (Å²) in [6.07, 6.45) is 4.02. The van der Waals surface area contributed by atoms with Gasteiger partial charge in [-0.1, -0.05) is 19.8 Å². The molecule has 1 aliphatic rings. The van der Waals surface area contributed by atoms with Crippen molar-refractivity contribution in [2.24, 2.45) is 0 Å². The summed E-state index contributed by atoms with van der Waals surface area (Å²) in [5.41, 5.74) is 2.64. The van der Waals surface area contributed by atoms with E-state index in [2.05, 4.69) is 12.3 Å². The van der Waals surface area contributed by atoms with Crippen molar-refractivity contribution in [1.82, 2.24) is 10.4 Å². The van der Waals surface area contributed by atoms with Gasteiger partial charge in [-0.2, -0.15) is 0 Å². The lowest BCUT2D eigenvalue weighted by Gasteiger charge is -2.14. The Morgan fingerprint density at radius 2 is 2.50 bits per heavy atom. The number of carbonyl (C=O) groups is 1. The van der Waals surface area contributed by atoms with Crippen molar-refractivity contribution in [3.05, 3.63) is 12.0 Å². The van der Waals surface area contributed by atoms with E-state index in [1.54, 1.807) is 6.08 Å². The quantitative estimate of drug-likeness (QED) is 0.661. The second-order valence-electron chi connectivity index (χ2n) is 3.13. The van der Waals surface area contributed by atoms with Crippen LogP contribution in [-0.4, -0.2) is 29.4 Å². The maximum Gasteiger partial charge on any atom is 0.426 e. The number of hydrogen-bond donors (Lipinski definition) is 2. The van der Waals surface area contributed by atoms with E-state index in [-0.39, 0.29) is 0 Å². The first kappa shape index (κ1) is 10.7. The summed E-state index contributed by atoms with van der Waals surface area (Å²) in [5.74, 6) is 0.545. The third kappa shape index (κ3) is 3.16. The lowest BCUT2D eigenvalue weighted by Crippen LogP contribution is -2.37. The molecule has 0 atom stereocenters. The first-order valence-corrected chi connectivity index (χ1v) is 4.84. The van der Waals surface area contributed by atoms with E-state index in [1.165, 1.54) is 0 Å². The molecule has 1 heterocycles. The maximum atomic E-state index is 10.5. The Labute approximate surface area is 83.3 Å². The monoisotopic (exact) mass is 200 g/mol. The molecule has 1 amide bonds. The third-order valence-corrected chi connectivity index (χ3v) is 1.94. The molecule has 0 unspecified atom stereocenters. The number of nitrogens with one attached hydrogen (secondary N) is 1. The number of hydrazine groups is 1. The number of ether oxygens (including phenoxy) is 1. The summed E-state index contributed by atoms with van der Waals surface area (Å²) >= 11 is 0. The van der Waals surface area contributed by atoms with E-state index in [4.69, 9.17) is 9.84 Å². The Bertz CT molecular complexity index is 228. The summed E-state index contributed by atoms with van der Waals surface area (Å²) in [6, 6.07) is 0. The van der Waals surface area contributed by atoms with E-state index < -0.39 is 6.09 Å². The molecule has 80 valence electrons. The number of carboxylic acid groups (broad SMARTS) is 1. The molecule has 1 aliphatic heterocycles. The van der Waals surface area contributed by atoms with Crippen LogP contribution in [0.2, 0.25) is 0 Å². The lowest BCUT2D eigenvalue weighted by atomic mass is 10.3. The van der Waals surface area contributed by atoms with Crippen LogP contribution >= 0.6 is 0 Å². The van der Waals surface area contributed by atoms with E-state index in [9.17, 15) is 4.79 Å². The van der Waals surface area contributed by atoms with Crippen molar-refractivity contribution < 1.29 is 14.6 Å². The zero-order chi connectivity index (χ0) is 10.4. The number of hydrogen-bond acceptors (Lipinski definition) is 3. The van der Waals surface area contributed by atoms with E-state index in [0.717, 1.165) is 24.3 Å². The molecule has 5 heteroatoms. The Morgan fingerprint density at radius 3 is 3.07 bits per heavy atom. The van der Waals surface area contributed by atoms with Crippen LogP contribution in [0.3, 0.4) is 0 Å². The van der Waals surface area contributed by atoms with Crippen LogP contribution in [0.15, 0.2) is 12.0 Å². The van der Waals surface area contributed by atoms with Gasteiger partial charge in [-0.25, -0.2) is 9.80 Å². The molecule has 0 spiro atoms. The zero-order valence-corrected chi connectivity index (χ0v) is 8.32. The Hall–Kier alpha value is -1.39. The standard InChI is InChI=1S/C9H16N2O3/c1-2-3-4-7-14-8-5-6-11(10-8)9(12)13/h5,10H,2-4,6-7H2,1H3,(H,12,13). The normalized spacial score (nSPS) is 14.9. The number of nitrogens with zero attached hydrogens (tertiary/aromatic N) is 1. The average molecular weight is 200 g/mol. The molecule has 0 saturated carbocycles. The molecule has 0 fully saturated rings. The van der Waals surface area contributed by atoms with Crippen LogP contribution in [-0.2, 0) is 4.74 Å². The molecule has 0 radical (unpaired) electrons. The number of unbranched alkanes of at least 4 members (excludes halogenated alkanes) is 2. The molecule has 0 saturated heterocycles. The molecular weight excluding hydrogens is 184 g/mol. The minimum absolute atomic E-state index is 0.346. The Morgan fingerprint density at radius 1 is 1.71 bits per heavy atom. The molecular formula is C9H16N2O3. The van der Waals surface area contributed by atoms with Gasteiger partial charge in [0.1, 0.15) is 0 Å². The van der Waals surface area contributed by atoms with Crippen LogP contribution in [0.1, 0.15) is 26.2 Å². The molecule has 0 bridgehead atoms. The van der Waals surface area contributed by atoms with E-state index in [0.29, 0.717) is 19.0 Å². The smallest absolute Gasteiger partial charge is 0.426 e. The minimum atomic E-state index is -0.992. The molecule has 0 aliphatic carbocycles. The predicted octanol–water partition coefficient (Wildman–Crippen LogP) is 1.53. The lowest BCUT2D eigenvalue weighted by molar-refractivity contribution is 0.114. The molecule has 1 rings (SSSR count). The van der Waals surface area contributed by atoms with Gasteiger partial charge >= 0.3 is 6.09 Å². The molecule has 0 aromatic heterocycles. The van der Waals surface area contributed by atoms with Crippen molar-refractivity contribution in [2.75, 3.05) is 13.2 Å². The largest absolute Gasteiger partial charge is 0.478 e. The fourth-order valence-electron chi connectivity index (χ4n) is 1.15. The van der Waals surface area contributed by atoms with Gasteiger partial charge < -0.3 is 9.84 Å². The number of rotatable bonds is 5. The van der Waals surface area contributed by atoms with Gasteiger partial charge in [-0.3, -0.25) is 5.43 Å². The molecule has 0 aromatic carbocycles. The third-order valence-electron chi connectivity index (χ3n) is 1.94. The summed E-state index contributed by atoms with van der Waals surface area (Å²) in [5, 5.41) is 9.69. The Balaban J connectivity index is 2.12. The SMILES string of the molecule is CCCCCOC1=CCN(C(=O)O)N1. The molecule has 5 nitrogen and oxygen atoms in total. The van der Waals surface area contributed by atoms with Gasteiger partial charge in [0.25, 0.3) is 0 Å². The first-order chi connectivity index (χ1) is 6.74. The molecule has 2 N–H and O–H groups in total. The predicted molar refractivity (Wildman–Crippen MR) is 51.4 cm³/mol. The van der Waals surface area contributed by atoms with Gasteiger partial charge in [0.15, 0.2) is 0 Å². The Kier molecular flexibility index (Phi) is 4.10. The fraction of sp³-hybridized carbons (Fsp3) is 0.667. The highest BCUT2D eigenvalue weighted by Crippen LogP contribution is 2.05. The molecule has 14 heavy (non-hydrogen) atoms. The van der Waals surface area contributed by atoms with Gasteiger partial charge in [0, 0.05) is 0 Å². The van der Waals surface area contributed by atoms with Gasteiger partial charge in [0.2, 0.25) is 5.88 Å².